The summed E-state index contributed by atoms with van der Waals surface area (Å²) >= 11 is 1.28. The number of amides is 2. The van der Waals surface area contributed by atoms with E-state index in [2.05, 4.69) is 32.4 Å². The van der Waals surface area contributed by atoms with Crippen LogP contribution < -0.4 is 21.1 Å². The number of piperidine rings is 1. The third kappa shape index (κ3) is 4.96. The van der Waals surface area contributed by atoms with Crippen molar-refractivity contribution in [1.82, 2.24) is 19.9 Å². The van der Waals surface area contributed by atoms with Crippen molar-refractivity contribution >= 4 is 44.3 Å². The molecule has 5 rings (SSSR count). The highest BCUT2D eigenvalue weighted by Crippen LogP contribution is 2.30. The molecule has 1 aromatic carbocycles. The second-order valence-corrected chi connectivity index (χ2v) is 9.97. The number of nitrogens with zero attached hydrogens (tertiary/aromatic N) is 4. The number of fused-ring (bicyclic) bond motifs is 1. The molecule has 1 atom stereocenters. The van der Waals surface area contributed by atoms with E-state index in [4.69, 9.17) is 0 Å². The van der Waals surface area contributed by atoms with Gasteiger partial charge in [-0.3, -0.25) is 19.0 Å². The van der Waals surface area contributed by atoms with E-state index in [1.165, 1.54) is 27.8 Å². The van der Waals surface area contributed by atoms with Crippen molar-refractivity contribution in [2.75, 3.05) is 23.3 Å². The number of nitrogens with one attached hydrogen (secondary N) is 2. The van der Waals surface area contributed by atoms with Gasteiger partial charge in [-0.05, 0) is 49.8 Å². The largest absolute Gasteiger partial charge is 0.353 e. The van der Waals surface area contributed by atoms with Gasteiger partial charge in [-0.25, -0.2) is 4.98 Å². The molecule has 2 amide bonds. The number of benzene rings is 1. The van der Waals surface area contributed by atoms with Crippen LogP contribution >= 0.6 is 11.3 Å². The van der Waals surface area contributed by atoms with Crippen LogP contribution in [-0.2, 0) is 22.6 Å². The van der Waals surface area contributed by atoms with E-state index >= 15 is 0 Å². The van der Waals surface area contributed by atoms with E-state index in [0.717, 1.165) is 38.6 Å². The number of rotatable bonds is 7. The fourth-order valence-electron chi connectivity index (χ4n) is 4.17. The molecule has 10 heteroatoms. The molecule has 0 bridgehead atoms. The summed E-state index contributed by atoms with van der Waals surface area (Å²) < 4.78 is 1.73. The van der Waals surface area contributed by atoms with Gasteiger partial charge in [0.25, 0.3) is 5.56 Å². The zero-order chi connectivity index (χ0) is 23.7. The Kier molecular flexibility index (Phi) is 6.32. The number of thiazole rings is 1. The van der Waals surface area contributed by atoms with E-state index in [-0.39, 0.29) is 29.8 Å². The van der Waals surface area contributed by atoms with Gasteiger partial charge in [-0.1, -0.05) is 30.4 Å². The summed E-state index contributed by atoms with van der Waals surface area (Å²) in [6.07, 6.45) is 6.20. The topological polar surface area (TPSA) is 109 Å². The predicted octanol–water partition coefficient (Wildman–Crippen LogP) is 2.55. The number of aryl methyl sites for hydroxylation is 1. The molecule has 0 unspecified atom stereocenters. The van der Waals surface area contributed by atoms with Crippen molar-refractivity contribution in [1.29, 1.82) is 0 Å². The molecule has 3 heterocycles. The van der Waals surface area contributed by atoms with E-state index in [9.17, 15) is 14.4 Å². The molecule has 34 heavy (non-hydrogen) atoms. The summed E-state index contributed by atoms with van der Waals surface area (Å²) in [7, 11) is 0. The molecule has 9 nitrogen and oxygen atoms in total. The summed E-state index contributed by atoms with van der Waals surface area (Å²) in [5.74, 6) is -0.247. The zero-order valence-electron chi connectivity index (χ0n) is 19.1. The van der Waals surface area contributed by atoms with Gasteiger partial charge in [0.1, 0.15) is 17.6 Å². The van der Waals surface area contributed by atoms with E-state index < -0.39 is 0 Å². The van der Waals surface area contributed by atoms with Crippen LogP contribution in [0.5, 0.6) is 0 Å². The van der Waals surface area contributed by atoms with Gasteiger partial charge < -0.3 is 15.5 Å². The van der Waals surface area contributed by atoms with Gasteiger partial charge >= 0.3 is 0 Å². The molecular formula is C24H28N6O3S. The average molecular weight is 481 g/mol. The second-order valence-electron chi connectivity index (χ2n) is 8.99. The van der Waals surface area contributed by atoms with Crippen LogP contribution in [0.4, 0.5) is 10.8 Å². The molecule has 1 aliphatic carbocycles. The summed E-state index contributed by atoms with van der Waals surface area (Å²) in [6.45, 7) is 3.33. The van der Waals surface area contributed by atoms with Crippen LogP contribution in [0.2, 0.25) is 0 Å². The van der Waals surface area contributed by atoms with Crippen LogP contribution in [0.15, 0.2) is 35.4 Å². The molecule has 2 fully saturated rings. The van der Waals surface area contributed by atoms with E-state index in [0.29, 0.717) is 33.8 Å². The second kappa shape index (κ2) is 9.54. The fraction of sp³-hybridized carbons (Fsp3) is 0.458. The molecule has 3 aromatic rings. The molecule has 1 saturated heterocycles. The SMILES string of the molecule is CCc1ccc(NC(=O)Cn2cnc3nc(N4CCC[C@H](C(=O)NC5CC5)C4)sc3c2=O)cc1. The van der Waals surface area contributed by atoms with Gasteiger partial charge in [0.2, 0.25) is 11.8 Å². The first kappa shape index (κ1) is 22.5. The van der Waals surface area contributed by atoms with Crippen LogP contribution in [0, 0.1) is 5.92 Å². The monoisotopic (exact) mass is 480 g/mol. The Morgan fingerprint density at radius 2 is 1.97 bits per heavy atom. The van der Waals surface area contributed by atoms with Crippen LogP contribution in [0.1, 0.15) is 38.2 Å². The third-order valence-corrected chi connectivity index (χ3v) is 7.41. The first-order chi connectivity index (χ1) is 16.5. The first-order valence-corrected chi connectivity index (χ1v) is 12.6. The Hall–Kier alpha value is -3.27. The molecule has 0 spiro atoms. The molecular weight excluding hydrogens is 452 g/mol. The van der Waals surface area contributed by atoms with Crippen molar-refractivity contribution in [2.24, 2.45) is 5.92 Å². The zero-order valence-corrected chi connectivity index (χ0v) is 19.9. The van der Waals surface area contributed by atoms with Crippen molar-refractivity contribution in [3.63, 3.8) is 0 Å². The Morgan fingerprint density at radius 1 is 1.18 bits per heavy atom. The lowest BCUT2D eigenvalue weighted by molar-refractivity contribution is -0.125. The molecule has 2 N–H and O–H groups in total. The standard InChI is InChI=1S/C24H28N6O3S/c1-2-15-5-7-17(8-6-15)26-19(31)13-30-14-25-21-20(23(30)33)34-24(28-21)29-11-3-4-16(12-29)22(32)27-18-9-10-18/h5-8,14,16,18H,2-4,9-13H2,1H3,(H,26,31)(H,27,32)/t16-/m0/s1. The minimum Gasteiger partial charge on any atom is -0.353 e. The smallest absolute Gasteiger partial charge is 0.273 e. The Morgan fingerprint density at radius 3 is 2.71 bits per heavy atom. The van der Waals surface area contributed by atoms with Gasteiger partial charge in [0, 0.05) is 24.8 Å². The van der Waals surface area contributed by atoms with Gasteiger partial charge in [0.15, 0.2) is 10.8 Å². The van der Waals surface area contributed by atoms with E-state index in [1.54, 1.807) is 0 Å². The Labute approximate surface area is 201 Å². The Bertz CT molecular complexity index is 1260. The van der Waals surface area contributed by atoms with Gasteiger partial charge in [-0.15, -0.1) is 0 Å². The highest BCUT2D eigenvalue weighted by atomic mass is 32.1. The molecule has 1 aliphatic heterocycles. The number of carbonyl (C=O) groups excluding carboxylic acids is 2. The van der Waals surface area contributed by atoms with Crippen molar-refractivity contribution < 1.29 is 9.59 Å². The lowest BCUT2D eigenvalue weighted by Crippen LogP contribution is -2.43. The summed E-state index contributed by atoms with van der Waals surface area (Å²) in [4.78, 5) is 49.0. The van der Waals surface area contributed by atoms with E-state index in [1.807, 2.05) is 24.3 Å². The van der Waals surface area contributed by atoms with Crippen LogP contribution in [-0.4, -0.2) is 45.5 Å². The summed E-state index contributed by atoms with van der Waals surface area (Å²) in [5.41, 5.74) is 1.97. The fourth-order valence-corrected chi connectivity index (χ4v) is 5.18. The molecule has 2 aromatic heterocycles. The predicted molar refractivity (Wildman–Crippen MR) is 132 cm³/mol. The quantitative estimate of drug-likeness (QED) is 0.538. The summed E-state index contributed by atoms with van der Waals surface area (Å²) in [5, 5.41) is 6.61. The number of hydrogen-bond donors (Lipinski definition) is 2. The van der Waals surface area contributed by atoms with Gasteiger partial charge in [0.05, 0.1) is 5.92 Å². The van der Waals surface area contributed by atoms with Gasteiger partial charge in [-0.2, -0.15) is 4.98 Å². The number of anilines is 2. The molecule has 0 radical (unpaired) electrons. The summed E-state index contributed by atoms with van der Waals surface area (Å²) in [6, 6.07) is 7.99. The first-order valence-electron chi connectivity index (χ1n) is 11.8. The maximum atomic E-state index is 13.0. The van der Waals surface area contributed by atoms with Crippen molar-refractivity contribution in [3.8, 4) is 0 Å². The maximum absolute atomic E-state index is 13.0. The van der Waals surface area contributed by atoms with Crippen LogP contribution in [0.25, 0.3) is 10.3 Å². The molecule has 178 valence electrons. The minimum atomic E-state index is -0.294. The molecule has 2 aliphatic rings. The number of aromatic nitrogens is 3. The number of carbonyl (C=O) groups is 2. The normalized spacial score (nSPS) is 18.1. The highest BCUT2D eigenvalue weighted by molar-refractivity contribution is 7.22. The minimum absolute atomic E-state index is 0.0685. The Balaban J connectivity index is 1.28. The van der Waals surface area contributed by atoms with Crippen LogP contribution in [0.3, 0.4) is 0 Å². The van der Waals surface area contributed by atoms with Crippen molar-refractivity contribution in [3.05, 3.63) is 46.5 Å². The maximum Gasteiger partial charge on any atom is 0.273 e. The highest BCUT2D eigenvalue weighted by Gasteiger charge is 2.31. The van der Waals surface area contributed by atoms with Crippen molar-refractivity contribution in [2.45, 2.75) is 51.6 Å². The number of hydrogen-bond acceptors (Lipinski definition) is 7. The third-order valence-electron chi connectivity index (χ3n) is 6.32. The lowest BCUT2D eigenvalue weighted by Gasteiger charge is -2.31. The molecule has 1 saturated carbocycles. The average Bonchev–Trinajstić information content (AvgIpc) is 3.55. The lowest BCUT2D eigenvalue weighted by atomic mass is 9.97.